The molecule has 0 spiro atoms. The highest BCUT2D eigenvalue weighted by molar-refractivity contribution is 7.70. The number of halogens is 2. The molecule has 0 saturated carbocycles. The molecule has 0 N–H and O–H groups in total. The predicted molar refractivity (Wildman–Crippen MR) is 391 cm³/mol. The Kier molecular flexibility index (Phi) is 27.2. The molecule has 82 heavy (non-hydrogen) atoms. The summed E-state index contributed by atoms with van der Waals surface area (Å²) in [6.45, 7) is 56.0. The van der Waals surface area contributed by atoms with Crippen LogP contribution in [0.5, 0.6) is 0 Å². The van der Waals surface area contributed by atoms with Crippen LogP contribution in [0.15, 0.2) is 146 Å². The Hall–Kier alpha value is -1.81. The highest BCUT2D eigenvalue weighted by atomic mass is 31.1. The normalized spacial score (nSPS) is 13.0. The SMILES string of the molecule is CC(C)P(c1ccccc1[Si](F)(c1ccccc1P(C(C)C)C(C)C)c1ccccc1P(C(C)C)C(C)C)C(C)C.CC(C)P(c1ccccc1[Si](F)(c1ccccc1P(C(C)C)C(C)C)c1ccccc1P(C(C)C)C(C)C)C(C)C. The summed E-state index contributed by atoms with van der Waals surface area (Å²) in [5.74, 6) is 0. The van der Waals surface area contributed by atoms with Crippen LogP contribution in [0.3, 0.4) is 0 Å². The van der Waals surface area contributed by atoms with Crippen LogP contribution < -0.4 is 62.9 Å². The van der Waals surface area contributed by atoms with Gasteiger partial charge >= 0.3 is 16.8 Å². The molecule has 0 bridgehead atoms. The first kappa shape index (κ1) is 71.0. The maximum absolute atomic E-state index is 19.6. The average molecular weight is 1250 g/mol. The largest absolute Gasteiger partial charge is 0.341 e. The van der Waals surface area contributed by atoms with Gasteiger partial charge in [0.15, 0.2) is 0 Å². The van der Waals surface area contributed by atoms with E-state index in [1.54, 1.807) is 0 Å². The summed E-state index contributed by atoms with van der Waals surface area (Å²) in [5.41, 5.74) is 5.85. The van der Waals surface area contributed by atoms with E-state index in [9.17, 15) is 0 Å². The lowest BCUT2D eigenvalue weighted by Gasteiger charge is -2.38. The van der Waals surface area contributed by atoms with Crippen molar-refractivity contribution in [3.8, 4) is 0 Å². The monoisotopic (exact) mass is 1250 g/mol. The van der Waals surface area contributed by atoms with Crippen molar-refractivity contribution in [2.75, 3.05) is 0 Å². The lowest BCUT2D eigenvalue weighted by molar-refractivity contribution is 0.842. The highest BCUT2D eigenvalue weighted by Crippen LogP contribution is 2.50. The molecule has 0 fully saturated rings. The topological polar surface area (TPSA) is 0 Å². The molecule has 10 heteroatoms. The minimum Gasteiger partial charge on any atom is -0.296 e. The fourth-order valence-corrected chi connectivity index (χ4v) is 42.6. The van der Waals surface area contributed by atoms with E-state index in [0.29, 0.717) is 67.9 Å². The smallest absolute Gasteiger partial charge is 0.296 e. The number of rotatable bonds is 24. The van der Waals surface area contributed by atoms with Gasteiger partial charge in [-0.1, -0.05) is 359 Å². The molecule has 6 rings (SSSR count). The van der Waals surface area contributed by atoms with Gasteiger partial charge in [-0.2, -0.15) is 0 Å². The van der Waals surface area contributed by atoms with E-state index >= 15 is 8.22 Å². The molecule has 0 radical (unpaired) electrons. The van der Waals surface area contributed by atoms with Gasteiger partial charge in [-0.05, 0) is 131 Å². The van der Waals surface area contributed by atoms with Crippen LogP contribution in [0.2, 0.25) is 0 Å². The summed E-state index contributed by atoms with van der Waals surface area (Å²) in [6, 6.07) is 52.2. The summed E-state index contributed by atoms with van der Waals surface area (Å²) in [4.78, 5) is 0. The molecule has 0 heterocycles. The van der Waals surface area contributed by atoms with E-state index in [4.69, 9.17) is 0 Å². The van der Waals surface area contributed by atoms with Crippen LogP contribution in [0.1, 0.15) is 166 Å². The van der Waals surface area contributed by atoms with Gasteiger partial charge < -0.3 is 0 Å². The second-order valence-corrected chi connectivity index (χ2v) is 52.0. The van der Waals surface area contributed by atoms with Crippen molar-refractivity contribution in [3.05, 3.63) is 146 Å². The summed E-state index contributed by atoms with van der Waals surface area (Å²) < 4.78 is 39.2. The molecule has 448 valence electrons. The summed E-state index contributed by atoms with van der Waals surface area (Å²) in [5, 5.41) is 13.7. The molecule has 6 aromatic carbocycles. The van der Waals surface area contributed by atoms with Crippen LogP contribution in [0.25, 0.3) is 0 Å². The Bertz CT molecular complexity index is 2370. The van der Waals surface area contributed by atoms with Crippen molar-refractivity contribution in [3.63, 3.8) is 0 Å². The number of hydrogen-bond acceptors (Lipinski definition) is 0. The standard InChI is InChI=1S/2C36H54FP3Si/c2*1-25(2)38(26(3)4)31-19-13-16-22-34(31)41(37,35-23-17-14-20-32(35)39(27(5)6)28(7)8)36-24-18-15-21-33(36)40(29(9)10)30(11)12/h2*13-30H,1-12H3. The molecule has 0 aliphatic carbocycles. The molecule has 0 aliphatic rings. The fourth-order valence-electron chi connectivity index (χ4n) is 13.7. The first-order chi connectivity index (χ1) is 38.5. The van der Waals surface area contributed by atoms with Crippen molar-refractivity contribution in [1.29, 1.82) is 0 Å². The zero-order chi connectivity index (χ0) is 61.3. The zero-order valence-electron chi connectivity index (χ0n) is 55.2. The van der Waals surface area contributed by atoms with Gasteiger partial charge in [0.2, 0.25) is 0 Å². The molecule has 0 nitrogen and oxygen atoms in total. The van der Waals surface area contributed by atoms with Crippen molar-refractivity contribution >= 4 is 127 Å². The van der Waals surface area contributed by atoms with Crippen molar-refractivity contribution in [2.24, 2.45) is 0 Å². The molecule has 0 atom stereocenters. The van der Waals surface area contributed by atoms with E-state index in [2.05, 4.69) is 312 Å². The van der Waals surface area contributed by atoms with Crippen molar-refractivity contribution in [2.45, 2.75) is 234 Å². The maximum atomic E-state index is 19.6. The number of benzene rings is 6. The Balaban J connectivity index is 0.000000301. The Morgan fingerprint density at radius 2 is 0.293 bits per heavy atom. The molecule has 6 aromatic rings. The van der Waals surface area contributed by atoms with Crippen molar-refractivity contribution in [1.82, 2.24) is 0 Å². The minimum absolute atomic E-state index is 0.488. The zero-order valence-corrected chi connectivity index (χ0v) is 62.6. The Morgan fingerprint density at radius 1 is 0.195 bits per heavy atom. The number of hydrogen-bond donors (Lipinski definition) is 0. The minimum atomic E-state index is -3.93. The fraction of sp³-hybridized carbons (Fsp3) is 0.500. The quantitative estimate of drug-likeness (QED) is 0.0245. The maximum Gasteiger partial charge on any atom is 0.341 e. The molecule has 0 saturated heterocycles. The van der Waals surface area contributed by atoms with Crippen LogP contribution >= 0.6 is 47.5 Å². The average Bonchev–Trinajstić information content (AvgIpc) is 2.42. The molecule has 0 unspecified atom stereocenters. The molecule has 0 amide bonds. The third-order valence-electron chi connectivity index (χ3n) is 16.0. The van der Waals surface area contributed by atoms with Gasteiger partial charge in [0, 0.05) is 0 Å². The van der Waals surface area contributed by atoms with Gasteiger partial charge in [-0.3, -0.25) is 8.22 Å². The van der Waals surface area contributed by atoms with E-state index in [0.717, 1.165) is 31.1 Å². The second kappa shape index (κ2) is 31.4. The third-order valence-corrected chi connectivity index (χ3v) is 43.4. The lowest BCUT2D eigenvalue weighted by Crippen LogP contribution is -2.72. The third kappa shape index (κ3) is 15.7. The molecular formula is C72H108F2P6Si2. The van der Waals surface area contributed by atoms with Gasteiger partial charge in [0.1, 0.15) is 0 Å². The second-order valence-electron chi connectivity index (χ2n) is 26.0. The van der Waals surface area contributed by atoms with E-state index < -0.39 is 64.3 Å². The van der Waals surface area contributed by atoms with Crippen LogP contribution in [-0.4, -0.2) is 84.7 Å². The lowest BCUT2D eigenvalue weighted by atomic mass is 10.3. The first-order valence-corrected chi connectivity index (χ1v) is 43.8. The van der Waals surface area contributed by atoms with Gasteiger partial charge in [-0.15, -0.1) is 0 Å². The molecule has 0 aliphatic heterocycles. The van der Waals surface area contributed by atoms with E-state index in [1.165, 1.54) is 31.8 Å². The highest BCUT2D eigenvalue weighted by Gasteiger charge is 2.51. The van der Waals surface area contributed by atoms with Gasteiger partial charge in [0.05, 0.1) is 0 Å². The van der Waals surface area contributed by atoms with Crippen LogP contribution in [0.4, 0.5) is 8.22 Å². The van der Waals surface area contributed by atoms with Gasteiger partial charge in [-0.25, -0.2) is 0 Å². The summed E-state index contributed by atoms with van der Waals surface area (Å²) >= 11 is 0. The van der Waals surface area contributed by atoms with Crippen LogP contribution in [0, 0.1) is 0 Å². The van der Waals surface area contributed by atoms with Crippen LogP contribution in [-0.2, 0) is 0 Å². The first-order valence-electron chi connectivity index (χ1n) is 31.1. The van der Waals surface area contributed by atoms with E-state index in [-0.39, 0.29) is 0 Å². The van der Waals surface area contributed by atoms with E-state index in [1.807, 2.05) is 0 Å². The van der Waals surface area contributed by atoms with Gasteiger partial charge in [0.25, 0.3) is 0 Å². The summed E-state index contributed by atoms with van der Waals surface area (Å²) in [6.07, 6.45) is 0. The predicted octanol–water partition coefficient (Wildman–Crippen LogP) is 16.8. The van der Waals surface area contributed by atoms with Crippen molar-refractivity contribution < 1.29 is 8.22 Å². The molecular weight excluding hydrogens is 1140 g/mol. The summed E-state index contributed by atoms with van der Waals surface area (Å²) in [7, 11) is -11.1. The molecule has 0 aromatic heterocycles. The Morgan fingerprint density at radius 3 is 0.390 bits per heavy atom. The Labute approximate surface area is 511 Å².